The van der Waals surface area contributed by atoms with Gasteiger partial charge in [-0.2, -0.15) is 0 Å². The zero-order valence-corrected chi connectivity index (χ0v) is 14.0. The average molecular weight is 289 g/mol. The van der Waals surface area contributed by atoms with E-state index < -0.39 is 0 Å². The van der Waals surface area contributed by atoms with Crippen molar-refractivity contribution in [2.75, 3.05) is 20.6 Å². The van der Waals surface area contributed by atoms with E-state index in [0.29, 0.717) is 6.04 Å². The minimum Gasteiger partial charge on any atom is -0.317 e. The fourth-order valence-corrected chi connectivity index (χ4v) is 3.75. The molecule has 1 aliphatic rings. The first-order valence-electron chi connectivity index (χ1n) is 8.34. The minimum absolute atomic E-state index is 0.680. The van der Waals surface area contributed by atoms with E-state index in [-0.39, 0.29) is 0 Å². The summed E-state index contributed by atoms with van der Waals surface area (Å²) in [6.07, 6.45) is 7.84. The third kappa shape index (κ3) is 4.79. The SMILES string of the molecule is CNC1CCC(C(C)C)CC1CN(C)Cc1ccncc1. The monoisotopic (exact) mass is 289 g/mol. The van der Waals surface area contributed by atoms with Gasteiger partial charge in [0.1, 0.15) is 0 Å². The van der Waals surface area contributed by atoms with Crippen molar-refractivity contribution in [1.29, 1.82) is 0 Å². The molecule has 0 bridgehead atoms. The Morgan fingerprint density at radius 2 is 2.00 bits per heavy atom. The van der Waals surface area contributed by atoms with Gasteiger partial charge in [-0.1, -0.05) is 13.8 Å². The van der Waals surface area contributed by atoms with Crippen LogP contribution in [0.25, 0.3) is 0 Å². The van der Waals surface area contributed by atoms with E-state index >= 15 is 0 Å². The summed E-state index contributed by atoms with van der Waals surface area (Å²) < 4.78 is 0. The maximum atomic E-state index is 4.09. The van der Waals surface area contributed by atoms with Crippen LogP contribution in [0.4, 0.5) is 0 Å². The first kappa shape index (κ1) is 16.4. The molecule has 1 aromatic rings. The highest BCUT2D eigenvalue weighted by Crippen LogP contribution is 2.34. The molecule has 0 aromatic carbocycles. The van der Waals surface area contributed by atoms with Gasteiger partial charge in [-0.3, -0.25) is 4.98 Å². The van der Waals surface area contributed by atoms with E-state index in [4.69, 9.17) is 0 Å². The van der Waals surface area contributed by atoms with Gasteiger partial charge in [-0.05, 0) is 68.8 Å². The van der Waals surface area contributed by atoms with Gasteiger partial charge in [0, 0.05) is 31.5 Å². The number of aromatic nitrogens is 1. The van der Waals surface area contributed by atoms with E-state index in [1.807, 2.05) is 12.4 Å². The second kappa shape index (κ2) is 7.90. The zero-order valence-electron chi connectivity index (χ0n) is 14.0. The Labute approximate surface area is 130 Å². The molecule has 118 valence electrons. The molecule has 0 amide bonds. The summed E-state index contributed by atoms with van der Waals surface area (Å²) in [4.78, 5) is 6.56. The molecule has 1 fully saturated rings. The molecule has 1 aliphatic carbocycles. The van der Waals surface area contributed by atoms with Gasteiger partial charge < -0.3 is 10.2 Å². The van der Waals surface area contributed by atoms with Crippen LogP contribution in [-0.4, -0.2) is 36.6 Å². The maximum absolute atomic E-state index is 4.09. The van der Waals surface area contributed by atoms with Crippen molar-refractivity contribution < 1.29 is 0 Å². The van der Waals surface area contributed by atoms with Gasteiger partial charge in [0.25, 0.3) is 0 Å². The van der Waals surface area contributed by atoms with Crippen LogP contribution in [0.5, 0.6) is 0 Å². The van der Waals surface area contributed by atoms with E-state index in [1.165, 1.54) is 31.4 Å². The minimum atomic E-state index is 0.680. The molecule has 0 spiro atoms. The van der Waals surface area contributed by atoms with Crippen molar-refractivity contribution in [2.45, 2.75) is 45.7 Å². The van der Waals surface area contributed by atoms with Gasteiger partial charge in [-0.25, -0.2) is 0 Å². The van der Waals surface area contributed by atoms with Crippen LogP contribution in [0.3, 0.4) is 0 Å². The highest BCUT2D eigenvalue weighted by Gasteiger charge is 2.31. The summed E-state index contributed by atoms with van der Waals surface area (Å²) in [6, 6.07) is 4.91. The van der Waals surface area contributed by atoms with Gasteiger partial charge in [0.05, 0.1) is 0 Å². The lowest BCUT2D eigenvalue weighted by Crippen LogP contribution is -2.44. The summed E-state index contributed by atoms with van der Waals surface area (Å²) >= 11 is 0. The molecule has 21 heavy (non-hydrogen) atoms. The molecule has 1 heterocycles. The number of hydrogen-bond donors (Lipinski definition) is 1. The van der Waals surface area contributed by atoms with Crippen LogP contribution in [-0.2, 0) is 6.54 Å². The van der Waals surface area contributed by atoms with Crippen LogP contribution in [0, 0.1) is 17.8 Å². The zero-order chi connectivity index (χ0) is 15.2. The van der Waals surface area contributed by atoms with Crippen molar-refractivity contribution in [3.8, 4) is 0 Å². The average Bonchev–Trinajstić information content (AvgIpc) is 2.48. The standard InChI is InChI=1S/C18H31N3/c1-14(2)16-5-6-18(19-3)17(11-16)13-21(4)12-15-7-9-20-10-8-15/h7-10,14,16-19H,5-6,11-13H2,1-4H3. The van der Waals surface area contributed by atoms with Crippen molar-refractivity contribution in [3.05, 3.63) is 30.1 Å². The number of nitrogens with zero attached hydrogens (tertiary/aromatic N) is 2. The molecule has 3 heteroatoms. The molecule has 3 unspecified atom stereocenters. The maximum Gasteiger partial charge on any atom is 0.0271 e. The Kier molecular flexibility index (Phi) is 6.19. The predicted molar refractivity (Wildman–Crippen MR) is 89.1 cm³/mol. The fourth-order valence-electron chi connectivity index (χ4n) is 3.75. The van der Waals surface area contributed by atoms with Crippen LogP contribution in [0.2, 0.25) is 0 Å². The smallest absolute Gasteiger partial charge is 0.0271 e. The molecule has 0 aliphatic heterocycles. The van der Waals surface area contributed by atoms with Crippen molar-refractivity contribution in [2.24, 2.45) is 17.8 Å². The normalized spacial score (nSPS) is 26.5. The van der Waals surface area contributed by atoms with Crippen molar-refractivity contribution in [1.82, 2.24) is 15.2 Å². The summed E-state index contributed by atoms with van der Waals surface area (Å²) in [5.41, 5.74) is 1.35. The van der Waals surface area contributed by atoms with E-state index in [2.05, 4.69) is 55.3 Å². The van der Waals surface area contributed by atoms with Gasteiger partial charge in [0.15, 0.2) is 0 Å². The Bertz CT molecular complexity index is 404. The molecule has 1 saturated carbocycles. The Hall–Kier alpha value is -0.930. The molecule has 3 nitrogen and oxygen atoms in total. The van der Waals surface area contributed by atoms with Gasteiger partial charge in [-0.15, -0.1) is 0 Å². The number of rotatable bonds is 6. The highest BCUT2D eigenvalue weighted by atomic mass is 15.1. The number of hydrogen-bond acceptors (Lipinski definition) is 3. The van der Waals surface area contributed by atoms with Crippen LogP contribution in [0.15, 0.2) is 24.5 Å². The quantitative estimate of drug-likeness (QED) is 0.872. The number of nitrogens with one attached hydrogen (secondary N) is 1. The topological polar surface area (TPSA) is 28.2 Å². The van der Waals surface area contributed by atoms with E-state index in [1.54, 1.807) is 0 Å². The third-order valence-corrected chi connectivity index (χ3v) is 5.08. The van der Waals surface area contributed by atoms with Crippen LogP contribution in [0.1, 0.15) is 38.7 Å². The summed E-state index contributed by atoms with van der Waals surface area (Å²) in [5.74, 6) is 2.48. The molecule has 1 N–H and O–H groups in total. The summed E-state index contributed by atoms with van der Waals surface area (Å²) in [5, 5.41) is 3.55. The second-order valence-corrected chi connectivity index (χ2v) is 7.02. The molecular weight excluding hydrogens is 258 g/mol. The molecule has 0 radical (unpaired) electrons. The second-order valence-electron chi connectivity index (χ2n) is 7.02. The molecule has 3 atom stereocenters. The van der Waals surface area contributed by atoms with E-state index in [0.717, 1.165) is 24.3 Å². The van der Waals surface area contributed by atoms with E-state index in [9.17, 15) is 0 Å². The highest BCUT2D eigenvalue weighted by molar-refractivity contribution is 5.09. The lowest BCUT2D eigenvalue weighted by molar-refractivity contribution is 0.134. The third-order valence-electron chi connectivity index (χ3n) is 5.08. The van der Waals surface area contributed by atoms with Crippen molar-refractivity contribution in [3.63, 3.8) is 0 Å². The molecule has 1 aromatic heterocycles. The Morgan fingerprint density at radius 1 is 1.29 bits per heavy atom. The molecule has 0 saturated heterocycles. The first-order valence-corrected chi connectivity index (χ1v) is 8.34. The first-order chi connectivity index (χ1) is 10.1. The fraction of sp³-hybridized carbons (Fsp3) is 0.722. The summed E-state index contributed by atoms with van der Waals surface area (Å²) in [6.45, 7) is 6.95. The van der Waals surface area contributed by atoms with Crippen LogP contribution >= 0.6 is 0 Å². The Morgan fingerprint density at radius 3 is 2.62 bits per heavy atom. The van der Waals surface area contributed by atoms with Crippen molar-refractivity contribution >= 4 is 0 Å². The predicted octanol–water partition coefficient (Wildman–Crippen LogP) is 3.17. The van der Waals surface area contributed by atoms with Gasteiger partial charge >= 0.3 is 0 Å². The summed E-state index contributed by atoms with van der Waals surface area (Å²) in [7, 11) is 4.36. The number of pyridine rings is 1. The lowest BCUT2D eigenvalue weighted by Gasteiger charge is -2.39. The van der Waals surface area contributed by atoms with Gasteiger partial charge in [0.2, 0.25) is 0 Å². The Balaban J connectivity index is 1.91. The molecule has 2 rings (SSSR count). The lowest BCUT2D eigenvalue weighted by atomic mass is 9.73. The molecular formula is C18H31N3. The largest absolute Gasteiger partial charge is 0.317 e. The van der Waals surface area contributed by atoms with Crippen LogP contribution < -0.4 is 5.32 Å².